The quantitative estimate of drug-likeness (QED) is 0.329. The minimum Gasteiger partial charge on any atom is -0.489 e. The van der Waals surface area contributed by atoms with E-state index >= 15 is 0 Å². The highest BCUT2D eigenvalue weighted by molar-refractivity contribution is 5.93. The zero-order valence-electron chi connectivity index (χ0n) is 18.3. The van der Waals surface area contributed by atoms with Crippen LogP contribution in [0.2, 0.25) is 0 Å². The Kier molecular flexibility index (Phi) is 8.24. The first-order valence-electron chi connectivity index (χ1n) is 10.5. The molecule has 0 bridgehead atoms. The van der Waals surface area contributed by atoms with Crippen molar-refractivity contribution >= 4 is 11.3 Å². The van der Waals surface area contributed by atoms with Gasteiger partial charge in [0.25, 0.3) is 0 Å². The normalized spacial score (nSPS) is 11.5. The van der Waals surface area contributed by atoms with Gasteiger partial charge < -0.3 is 9.47 Å². The fourth-order valence-electron chi connectivity index (χ4n) is 3.13. The van der Waals surface area contributed by atoms with Crippen LogP contribution in [0, 0.1) is 0 Å². The summed E-state index contributed by atoms with van der Waals surface area (Å²) < 4.78 is 12.2. The summed E-state index contributed by atoms with van der Waals surface area (Å²) in [5, 5.41) is 0. The molecule has 0 radical (unpaired) electrons. The van der Waals surface area contributed by atoms with Gasteiger partial charge in [0.15, 0.2) is 0 Å². The molecule has 0 spiro atoms. The van der Waals surface area contributed by atoms with Crippen LogP contribution < -0.4 is 9.47 Å². The maximum atomic E-state index is 6.21. The third kappa shape index (κ3) is 7.00. The van der Waals surface area contributed by atoms with Crippen LogP contribution in [-0.2, 0) is 13.2 Å². The number of allylic oxidation sites excluding steroid dienone is 2. The van der Waals surface area contributed by atoms with Gasteiger partial charge in [-0.25, -0.2) is 0 Å². The van der Waals surface area contributed by atoms with Crippen LogP contribution in [0.4, 0.5) is 0 Å². The number of hydrogen-bond donors (Lipinski definition) is 0. The largest absolute Gasteiger partial charge is 0.489 e. The lowest BCUT2D eigenvalue weighted by molar-refractivity contribution is 0.289. The van der Waals surface area contributed by atoms with Gasteiger partial charge in [-0.15, -0.1) is 0 Å². The van der Waals surface area contributed by atoms with Crippen molar-refractivity contribution in [1.29, 1.82) is 0 Å². The Balaban J connectivity index is 1.79. The molecule has 0 aliphatic carbocycles. The van der Waals surface area contributed by atoms with E-state index in [0.29, 0.717) is 19.6 Å². The predicted molar refractivity (Wildman–Crippen MR) is 130 cm³/mol. The SMILES string of the molecule is C=C(C/C(C)=N/C=C\C)c1ccc(OCc2ccccc2)cc1OCc1ccccc1. The van der Waals surface area contributed by atoms with Gasteiger partial charge in [-0.2, -0.15) is 0 Å². The van der Waals surface area contributed by atoms with Crippen molar-refractivity contribution in [2.45, 2.75) is 33.5 Å². The highest BCUT2D eigenvalue weighted by atomic mass is 16.5. The molecule has 3 rings (SSSR count). The Morgan fingerprint density at radius 3 is 2.10 bits per heavy atom. The van der Waals surface area contributed by atoms with Crippen LogP contribution in [0.5, 0.6) is 11.5 Å². The van der Waals surface area contributed by atoms with E-state index in [0.717, 1.165) is 39.5 Å². The van der Waals surface area contributed by atoms with Crippen LogP contribution in [0.25, 0.3) is 5.57 Å². The van der Waals surface area contributed by atoms with E-state index < -0.39 is 0 Å². The van der Waals surface area contributed by atoms with Crippen LogP contribution >= 0.6 is 0 Å². The van der Waals surface area contributed by atoms with Gasteiger partial charge in [0.2, 0.25) is 0 Å². The molecule has 0 fully saturated rings. The Morgan fingerprint density at radius 1 is 0.871 bits per heavy atom. The van der Waals surface area contributed by atoms with Crippen LogP contribution in [0.15, 0.2) is 103 Å². The van der Waals surface area contributed by atoms with Crippen molar-refractivity contribution in [2.75, 3.05) is 0 Å². The topological polar surface area (TPSA) is 30.8 Å². The monoisotopic (exact) mass is 411 g/mol. The standard InChI is InChI=1S/C28H29NO2/c1-4-17-29-23(3)18-22(2)27-16-15-26(30-20-24-11-7-5-8-12-24)19-28(27)31-21-25-13-9-6-10-14-25/h4-17,19H,2,18,20-21H2,1,3H3/b17-4-,29-23+. The van der Waals surface area contributed by atoms with E-state index in [-0.39, 0.29) is 0 Å². The average molecular weight is 412 g/mol. The van der Waals surface area contributed by atoms with E-state index in [4.69, 9.17) is 9.47 Å². The molecule has 3 aromatic rings. The minimum atomic E-state index is 0.481. The molecule has 0 aromatic heterocycles. The fraction of sp³-hybridized carbons (Fsp3) is 0.179. The van der Waals surface area contributed by atoms with Crippen molar-refractivity contribution in [2.24, 2.45) is 4.99 Å². The van der Waals surface area contributed by atoms with Gasteiger partial charge >= 0.3 is 0 Å². The molecule has 3 nitrogen and oxygen atoms in total. The summed E-state index contributed by atoms with van der Waals surface area (Å²) in [6.45, 7) is 9.24. The molecular weight excluding hydrogens is 382 g/mol. The third-order valence-corrected chi connectivity index (χ3v) is 4.73. The number of rotatable bonds is 10. The summed E-state index contributed by atoms with van der Waals surface area (Å²) in [5.74, 6) is 1.53. The van der Waals surface area contributed by atoms with Crippen molar-refractivity contribution in [3.8, 4) is 11.5 Å². The van der Waals surface area contributed by atoms with Gasteiger partial charge in [0.1, 0.15) is 24.7 Å². The zero-order valence-corrected chi connectivity index (χ0v) is 18.3. The zero-order chi connectivity index (χ0) is 21.9. The summed E-state index contributed by atoms with van der Waals surface area (Å²) in [5.41, 5.74) is 5.17. The van der Waals surface area contributed by atoms with E-state index in [9.17, 15) is 0 Å². The van der Waals surface area contributed by atoms with E-state index in [1.54, 1.807) is 6.20 Å². The van der Waals surface area contributed by atoms with Crippen molar-refractivity contribution in [3.05, 3.63) is 114 Å². The lowest BCUT2D eigenvalue weighted by Crippen LogP contribution is -2.02. The number of benzene rings is 3. The molecule has 0 unspecified atom stereocenters. The summed E-state index contributed by atoms with van der Waals surface area (Å²) in [7, 11) is 0. The molecule has 3 heteroatoms. The highest BCUT2D eigenvalue weighted by Gasteiger charge is 2.11. The fourth-order valence-corrected chi connectivity index (χ4v) is 3.13. The summed E-state index contributed by atoms with van der Waals surface area (Å²) >= 11 is 0. The molecule has 0 aliphatic heterocycles. The highest BCUT2D eigenvalue weighted by Crippen LogP contribution is 2.32. The molecule has 0 atom stereocenters. The molecule has 3 aromatic carbocycles. The van der Waals surface area contributed by atoms with E-state index in [2.05, 4.69) is 35.8 Å². The maximum Gasteiger partial charge on any atom is 0.130 e. The Bertz CT molecular complexity index is 1040. The molecule has 0 amide bonds. The maximum absolute atomic E-state index is 6.21. The van der Waals surface area contributed by atoms with E-state index in [1.165, 1.54) is 0 Å². The molecule has 0 saturated heterocycles. The second-order valence-corrected chi connectivity index (χ2v) is 7.33. The molecule has 0 aliphatic rings. The Hall–Kier alpha value is -3.59. The second kappa shape index (κ2) is 11.6. The lowest BCUT2D eigenvalue weighted by atomic mass is 10.0. The Morgan fingerprint density at radius 2 is 1.48 bits per heavy atom. The lowest BCUT2D eigenvalue weighted by Gasteiger charge is -2.16. The van der Waals surface area contributed by atoms with Crippen molar-refractivity contribution in [3.63, 3.8) is 0 Å². The first kappa shape index (κ1) is 22.1. The first-order chi connectivity index (χ1) is 15.2. The van der Waals surface area contributed by atoms with Crippen molar-refractivity contribution in [1.82, 2.24) is 0 Å². The Labute approximate surface area is 185 Å². The van der Waals surface area contributed by atoms with Gasteiger partial charge in [0, 0.05) is 30.0 Å². The molecule has 0 saturated carbocycles. The molecule has 31 heavy (non-hydrogen) atoms. The first-order valence-corrected chi connectivity index (χ1v) is 10.5. The van der Waals surface area contributed by atoms with E-state index in [1.807, 2.05) is 74.5 Å². The smallest absolute Gasteiger partial charge is 0.130 e. The minimum absolute atomic E-state index is 0.481. The van der Waals surface area contributed by atoms with Gasteiger partial charge in [-0.1, -0.05) is 73.3 Å². The molecular formula is C28H29NO2. The average Bonchev–Trinajstić information content (AvgIpc) is 2.81. The number of nitrogens with zero attached hydrogens (tertiary/aromatic N) is 1. The van der Waals surface area contributed by atoms with Crippen LogP contribution in [0.1, 0.15) is 37.0 Å². The van der Waals surface area contributed by atoms with Crippen LogP contribution in [0.3, 0.4) is 0 Å². The molecule has 158 valence electrons. The van der Waals surface area contributed by atoms with Gasteiger partial charge in [-0.05, 0) is 42.7 Å². The van der Waals surface area contributed by atoms with Gasteiger partial charge in [0.05, 0.1) is 0 Å². The van der Waals surface area contributed by atoms with Crippen molar-refractivity contribution < 1.29 is 9.47 Å². The third-order valence-electron chi connectivity index (χ3n) is 4.73. The summed E-state index contributed by atoms with van der Waals surface area (Å²) in [6, 6.07) is 26.2. The second-order valence-electron chi connectivity index (χ2n) is 7.33. The van der Waals surface area contributed by atoms with Gasteiger partial charge in [-0.3, -0.25) is 4.99 Å². The number of hydrogen-bond acceptors (Lipinski definition) is 3. The summed E-state index contributed by atoms with van der Waals surface area (Å²) in [4.78, 5) is 4.42. The molecule has 0 heterocycles. The summed E-state index contributed by atoms with van der Waals surface area (Å²) in [6.07, 6.45) is 4.39. The molecule has 0 N–H and O–H groups in total. The number of aliphatic imine (C=N–C) groups is 1. The van der Waals surface area contributed by atoms with Crippen LogP contribution in [-0.4, -0.2) is 5.71 Å². The number of ether oxygens (including phenoxy) is 2. The predicted octanol–water partition coefficient (Wildman–Crippen LogP) is 7.24.